The molecule has 0 amide bonds. The van der Waals surface area contributed by atoms with Gasteiger partial charge in [-0.1, -0.05) is 5.16 Å². The maximum atomic E-state index is 14.0. The first-order valence-corrected chi connectivity index (χ1v) is 8.12. The number of halogens is 1. The molecule has 25 heavy (non-hydrogen) atoms. The van der Waals surface area contributed by atoms with Gasteiger partial charge in [-0.2, -0.15) is 10.1 Å². The number of anilines is 1. The zero-order chi connectivity index (χ0) is 17.4. The fraction of sp³-hybridized carbons (Fsp3) is 0.533. The third kappa shape index (κ3) is 3.16. The van der Waals surface area contributed by atoms with Crippen molar-refractivity contribution in [2.24, 2.45) is 0 Å². The van der Waals surface area contributed by atoms with Crippen molar-refractivity contribution in [3.05, 3.63) is 24.2 Å². The molecule has 0 unspecified atom stereocenters. The van der Waals surface area contributed by atoms with E-state index in [2.05, 4.69) is 35.2 Å². The second-order valence-electron chi connectivity index (χ2n) is 6.36. The van der Waals surface area contributed by atoms with E-state index in [9.17, 15) is 4.39 Å². The van der Waals surface area contributed by atoms with Gasteiger partial charge < -0.3 is 9.42 Å². The molecule has 4 heterocycles. The summed E-state index contributed by atoms with van der Waals surface area (Å²) in [4.78, 5) is 16.8. The highest BCUT2D eigenvalue weighted by Gasteiger charge is 2.34. The molecule has 1 fully saturated rings. The van der Waals surface area contributed by atoms with Gasteiger partial charge in [0.05, 0.1) is 18.1 Å². The van der Waals surface area contributed by atoms with Crippen LogP contribution in [0.15, 0.2) is 17.0 Å². The zero-order valence-corrected chi connectivity index (χ0v) is 14.1. The Morgan fingerprint density at radius 3 is 3.12 bits per heavy atom. The third-order valence-electron chi connectivity index (χ3n) is 4.46. The van der Waals surface area contributed by atoms with Crippen LogP contribution in [0.4, 0.5) is 10.2 Å². The van der Waals surface area contributed by atoms with Crippen molar-refractivity contribution in [1.29, 1.82) is 0 Å². The van der Waals surface area contributed by atoms with Crippen LogP contribution in [0.1, 0.15) is 18.1 Å². The number of rotatable bonds is 5. The van der Waals surface area contributed by atoms with Gasteiger partial charge in [-0.3, -0.25) is 10.00 Å². The van der Waals surface area contributed by atoms with Crippen molar-refractivity contribution in [3.63, 3.8) is 0 Å². The maximum absolute atomic E-state index is 14.0. The number of aromatic nitrogens is 6. The largest absolute Gasteiger partial charge is 0.357 e. The average molecular weight is 346 g/mol. The maximum Gasteiger partial charge on any atom is 0.223 e. The summed E-state index contributed by atoms with van der Waals surface area (Å²) in [6, 6.07) is 0.0377. The van der Waals surface area contributed by atoms with E-state index < -0.39 is 6.17 Å². The molecule has 0 radical (unpaired) electrons. The molecule has 0 aromatic carbocycles. The lowest BCUT2D eigenvalue weighted by molar-refractivity contribution is 0.228. The van der Waals surface area contributed by atoms with Crippen LogP contribution in [0.5, 0.6) is 0 Å². The molecule has 0 aliphatic carbocycles. The number of aryl methyl sites for hydroxylation is 1. The van der Waals surface area contributed by atoms with Crippen molar-refractivity contribution in [2.75, 3.05) is 25.0 Å². The molecule has 9 nitrogen and oxygen atoms in total. The molecule has 0 saturated carbocycles. The Hall–Kier alpha value is -2.62. The molecule has 3 aromatic heterocycles. The fourth-order valence-corrected chi connectivity index (χ4v) is 3.35. The van der Waals surface area contributed by atoms with Gasteiger partial charge in [-0.25, -0.2) is 14.4 Å². The summed E-state index contributed by atoms with van der Waals surface area (Å²) in [5.74, 6) is 1.87. The van der Waals surface area contributed by atoms with Crippen LogP contribution >= 0.6 is 0 Å². The molecule has 1 saturated heterocycles. The smallest absolute Gasteiger partial charge is 0.223 e. The van der Waals surface area contributed by atoms with Crippen LogP contribution in [-0.4, -0.2) is 67.6 Å². The topological polar surface area (TPSA) is 99.9 Å². The van der Waals surface area contributed by atoms with Crippen molar-refractivity contribution < 1.29 is 8.91 Å². The molecule has 10 heteroatoms. The average Bonchev–Trinajstić information content (AvgIpc) is 3.28. The highest BCUT2D eigenvalue weighted by Crippen LogP contribution is 2.26. The van der Waals surface area contributed by atoms with Crippen LogP contribution in [-0.2, 0) is 6.54 Å². The second kappa shape index (κ2) is 6.36. The number of hydrogen-bond acceptors (Lipinski definition) is 8. The number of H-pyrrole nitrogens is 1. The normalized spacial score (nSPS) is 21.2. The van der Waals surface area contributed by atoms with E-state index in [1.165, 1.54) is 6.33 Å². The molecule has 1 aliphatic heterocycles. The number of likely N-dealkylation sites (tertiary alicyclic amines) is 1. The van der Waals surface area contributed by atoms with E-state index in [1.54, 1.807) is 13.1 Å². The Bertz CT molecular complexity index is 864. The van der Waals surface area contributed by atoms with Crippen molar-refractivity contribution in [3.8, 4) is 0 Å². The highest BCUT2D eigenvalue weighted by molar-refractivity contribution is 5.85. The SMILES string of the molecule is Cc1nc(CN2C[C@@H](F)C[C@H]2CN(C)c2ncnc3[nH]ncc23)no1. The Balaban J connectivity index is 1.50. The lowest BCUT2D eigenvalue weighted by Crippen LogP contribution is -2.39. The summed E-state index contributed by atoms with van der Waals surface area (Å²) in [5.41, 5.74) is 0.686. The Kier molecular flexibility index (Phi) is 4.04. The molecule has 1 N–H and O–H groups in total. The van der Waals surface area contributed by atoms with Gasteiger partial charge in [0.15, 0.2) is 11.5 Å². The number of aromatic amines is 1. The molecule has 0 spiro atoms. The van der Waals surface area contributed by atoms with Crippen LogP contribution in [0.2, 0.25) is 0 Å². The molecule has 2 atom stereocenters. The fourth-order valence-electron chi connectivity index (χ4n) is 3.35. The molecule has 0 bridgehead atoms. The van der Waals surface area contributed by atoms with Gasteiger partial charge in [-0.05, 0) is 6.42 Å². The monoisotopic (exact) mass is 346 g/mol. The zero-order valence-electron chi connectivity index (χ0n) is 14.1. The predicted octanol–water partition coefficient (Wildman–Crippen LogP) is 1.09. The van der Waals surface area contributed by atoms with Gasteiger partial charge in [-0.15, -0.1) is 0 Å². The number of fused-ring (bicyclic) bond motifs is 1. The minimum absolute atomic E-state index is 0.0377. The molecule has 3 aromatic rings. The van der Waals surface area contributed by atoms with E-state index in [4.69, 9.17) is 4.52 Å². The van der Waals surface area contributed by atoms with Crippen molar-refractivity contribution in [2.45, 2.75) is 32.1 Å². The highest BCUT2D eigenvalue weighted by atomic mass is 19.1. The van der Waals surface area contributed by atoms with E-state index in [0.29, 0.717) is 43.4 Å². The molecular weight excluding hydrogens is 327 g/mol. The first-order chi connectivity index (χ1) is 12.1. The lowest BCUT2D eigenvalue weighted by Gasteiger charge is -2.28. The minimum atomic E-state index is -0.856. The van der Waals surface area contributed by atoms with E-state index in [-0.39, 0.29) is 6.04 Å². The van der Waals surface area contributed by atoms with E-state index >= 15 is 0 Å². The van der Waals surface area contributed by atoms with Gasteiger partial charge in [0, 0.05) is 33.1 Å². The third-order valence-corrected chi connectivity index (χ3v) is 4.46. The summed E-state index contributed by atoms with van der Waals surface area (Å²) in [6.07, 6.45) is 2.82. The van der Waals surface area contributed by atoms with Gasteiger partial charge in [0.2, 0.25) is 5.89 Å². The first-order valence-electron chi connectivity index (χ1n) is 8.12. The summed E-state index contributed by atoms with van der Waals surface area (Å²) in [6.45, 7) is 3.22. The van der Waals surface area contributed by atoms with Crippen LogP contribution in [0.3, 0.4) is 0 Å². The summed E-state index contributed by atoms with van der Waals surface area (Å²) in [5, 5.41) is 11.6. The summed E-state index contributed by atoms with van der Waals surface area (Å²) < 4.78 is 19.0. The molecular formula is C15H19FN8O. The number of hydrogen-bond donors (Lipinski definition) is 1. The van der Waals surface area contributed by atoms with Gasteiger partial charge in [0.1, 0.15) is 18.3 Å². The molecule has 4 rings (SSSR count). The summed E-state index contributed by atoms with van der Waals surface area (Å²) in [7, 11) is 1.94. The quantitative estimate of drug-likeness (QED) is 0.733. The van der Waals surface area contributed by atoms with Crippen LogP contribution in [0.25, 0.3) is 11.0 Å². The first kappa shape index (κ1) is 15.9. The van der Waals surface area contributed by atoms with Crippen molar-refractivity contribution in [1.82, 2.24) is 35.2 Å². The molecule has 132 valence electrons. The Morgan fingerprint density at radius 2 is 2.32 bits per heavy atom. The number of alkyl halides is 1. The standard InChI is InChI=1S/C15H19FN8O/c1-9-20-13(22-25-9)7-24-5-10(16)3-11(24)6-23(2)15-12-4-19-21-14(12)17-8-18-15/h4,8,10-11H,3,5-7H2,1-2H3,(H,17,18,19,21)/t10-,11-/m0/s1. The number of likely N-dealkylation sites (N-methyl/N-ethyl adjacent to an activating group) is 1. The Morgan fingerprint density at radius 1 is 1.44 bits per heavy atom. The minimum Gasteiger partial charge on any atom is -0.357 e. The van der Waals surface area contributed by atoms with E-state index in [0.717, 1.165) is 11.2 Å². The predicted molar refractivity (Wildman–Crippen MR) is 87.7 cm³/mol. The van der Waals surface area contributed by atoms with Crippen molar-refractivity contribution >= 4 is 16.9 Å². The second-order valence-corrected chi connectivity index (χ2v) is 6.36. The number of nitrogens with one attached hydrogen (secondary N) is 1. The summed E-state index contributed by atoms with van der Waals surface area (Å²) >= 11 is 0. The van der Waals surface area contributed by atoms with Crippen LogP contribution in [0, 0.1) is 6.92 Å². The van der Waals surface area contributed by atoms with Gasteiger partial charge in [0.25, 0.3) is 0 Å². The Labute approximate surface area is 143 Å². The molecule has 1 aliphatic rings. The van der Waals surface area contributed by atoms with E-state index in [1.807, 2.05) is 11.9 Å². The van der Waals surface area contributed by atoms with Gasteiger partial charge >= 0.3 is 0 Å². The number of nitrogens with zero attached hydrogens (tertiary/aromatic N) is 7. The van der Waals surface area contributed by atoms with Crippen LogP contribution < -0.4 is 4.90 Å². The lowest BCUT2D eigenvalue weighted by atomic mass is 10.2.